The summed E-state index contributed by atoms with van der Waals surface area (Å²) in [4.78, 5) is 3.36. The van der Waals surface area contributed by atoms with E-state index in [0.29, 0.717) is 6.61 Å². The first kappa shape index (κ1) is 10.7. The summed E-state index contributed by atoms with van der Waals surface area (Å²) in [6.45, 7) is 5.52. The number of rotatable bonds is 3. The highest BCUT2D eigenvalue weighted by Gasteiger charge is 2.04. The van der Waals surface area contributed by atoms with Gasteiger partial charge in [-0.05, 0) is 37.6 Å². The van der Waals surface area contributed by atoms with Gasteiger partial charge in [0.15, 0.2) is 0 Å². The number of aryl methyl sites for hydroxylation is 1. The molecule has 15 heavy (non-hydrogen) atoms. The number of hydrogen-bond donors (Lipinski definition) is 1. The Morgan fingerprint density at radius 1 is 1.33 bits per heavy atom. The smallest absolute Gasteiger partial charge is 0.0865 e. The van der Waals surface area contributed by atoms with Crippen molar-refractivity contribution in [3.8, 4) is 0 Å². The summed E-state index contributed by atoms with van der Waals surface area (Å²) in [6, 6.07) is 6.38. The lowest BCUT2D eigenvalue weighted by Crippen LogP contribution is -1.90. The molecule has 0 saturated heterocycles. The van der Waals surface area contributed by atoms with Gasteiger partial charge < -0.3 is 9.72 Å². The van der Waals surface area contributed by atoms with Crippen molar-refractivity contribution < 1.29 is 4.74 Å². The lowest BCUT2D eigenvalue weighted by Gasteiger charge is -1.96. The Labute approximate surface area is 97.8 Å². The van der Waals surface area contributed by atoms with Gasteiger partial charge >= 0.3 is 0 Å². The molecular formula is C12H14BrNO. The number of aromatic nitrogens is 1. The maximum atomic E-state index is 5.38. The van der Waals surface area contributed by atoms with E-state index in [9.17, 15) is 0 Å². The molecule has 1 aromatic carbocycles. The third-order valence-corrected chi connectivity index (χ3v) is 2.88. The number of halogens is 1. The number of fused-ring (bicyclic) bond motifs is 1. The first-order chi connectivity index (χ1) is 7.20. The van der Waals surface area contributed by atoms with E-state index in [1.807, 2.05) is 6.92 Å². The van der Waals surface area contributed by atoms with Crippen molar-refractivity contribution in [1.29, 1.82) is 0 Å². The largest absolute Gasteiger partial charge is 0.376 e. The van der Waals surface area contributed by atoms with Crippen LogP contribution in [0.3, 0.4) is 0 Å². The van der Waals surface area contributed by atoms with Gasteiger partial charge in [-0.3, -0.25) is 0 Å². The Bertz CT molecular complexity index is 476. The average Bonchev–Trinajstić information content (AvgIpc) is 2.57. The highest BCUT2D eigenvalue weighted by molar-refractivity contribution is 9.10. The normalized spacial score (nSPS) is 11.1. The molecule has 0 spiro atoms. The van der Waals surface area contributed by atoms with Crippen LogP contribution >= 0.6 is 15.9 Å². The topological polar surface area (TPSA) is 25.0 Å². The predicted octanol–water partition coefficient (Wildman–Crippen LogP) is 3.78. The molecule has 0 unspecified atom stereocenters. The fourth-order valence-corrected chi connectivity index (χ4v) is 2.29. The van der Waals surface area contributed by atoms with Crippen LogP contribution in [0.5, 0.6) is 0 Å². The fourth-order valence-electron chi connectivity index (χ4n) is 1.72. The molecule has 0 fully saturated rings. The monoisotopic (exact) mass is 267 g/mol. The fraction of sp³-hybridized carbons (Fsp3) is 0.333. The molecule has 1 aromatic heterocycles. The van der Waals surface area contributed by atoms with Crippen LogP contribution in [-0.4, -0.2) is 11.6 Å². The Hall–Kier alpha value is -0.800. The van der Waals surface area contributed by atoms with Gasteiger partial charge in [-0.15, -0.1) is 0 Å². The number of H-pyrrole nitrogens is 1. The number of ether oxygens (including phenoxy) is 1. The highest BCUT2D eigenvalue weighted by Crippen LogP contribution is 2.24. The summed E-state index contributed by atoms with van der Waals surface area (Å²) in [6.07, 6.45) is 0. The van der Waals surface area contributed by atoms with Gasteiger partial charge in [-0.1, -0.05) is 15.9 Å². The summed E-state index contributed by atoms with van der Waals surface area (Å²) in [5, 5.41) is 1.27. The van der Waals surface area contributed by atoms with E-state index >= 15 is 0 Å². The Balaban J connectivity index is 2.41. The third kappa shape index (κ3) is 2.24. The van der Waals surface area contributed by atoms with Gasteiger partial charge in [-0.25, -0.2) is 0 Å². The SMILES string of the molecule is CCOCc1cc2c(C)cc(Br)cc2[nH]1. The van der Waals surface area contributed by atoms with Crippen molar-refractivity contribution >= 4 is 26.8 Å². The van der Waals surface area contributed by atoms with Gasteiger partial charge in [0.1, 0.15) is 0 Å². The number of aromatic amines is 1. The third-order valence-electron chi connectivity index (χ3n) is 2.43. The van der Waals surface area contributed by atoms with E-state index in [1.54, 1.807) is 0 Å². The minimum atomic E-state index is 0.655. The zero-order valence-electron chi connectivity index (χ0n) is 8.93. The van der Waals surface area contributed by atoms with Crippen LogP contribution in [0.4, 0.5) is 0 Å². The van der Waals surface area contributed by atoms with Crippen molar-refractivity contribution in [2.45, 2.75) is 20.5 Å². The molecule has 3 heteroatoms. The number of nitrogens with one attached hydrogen (secondary N) is 1. The minimum Gasteiger partial charge on any atom is -0.376 e. The molecule has 2 nitrogen and oxygen atoms in total. The summed E-state index contributed by atoms with van der Waals surface area (Å²) < 4.78 is 6.48. The van der Waals surface area contributed by atoms with E-state index in [1.165, 1.54) is 10.9 Å². The molecule has 1 N–H and O–H groups in total. The van der Waals surface area contributed by atoms with Crippen LogP contribution in [0.1, 0.15) is 18.2 Å². The van der Waals surface area contributed by atoms with Gasteiger partial charge in [0.05, 0.1) is 6.61 Å². The van der Waals surface area contributed by atoms with Gasteiger partial charge in [0.25, 0.3) is 0 Å². The maximum Gasteiger partial charge on any atom is 0.0865 e. The summed E-state index contributed by atoms with van der Waals surface area (Å²) in [7, 11) is 0. The van der Waals surface area contributed by atoms with E-state index in [0.717, 1.165) is 22.3 Å². The van der Waals surface area contributed by atoms with Crippen LogP contribution in [0.15, 0.2) is 22.7 Å². The second-order valence-electron chi connectivity index (χ2n) is 3.62. The Kier molecular flexibility index (Phi) is 3.12. The molecule has 0 radical (unpaired) electrons. The molecule has 0 bridgehead atoms. The first-order valence-corrected chi connectivity index (χ1v) is 5.85. The first-order valence-electron chi connectivity index (χ1n) is 5.06. The second kappa shape index (κ2) is 4.37. The predicted molar refractivity (Wildman–Crippen MR) is 66.1 cm³/mol. The molecule has 0 aliphatic rings. The molecule has 2 rings (SSSR count). The zero-order valence-corrected chi connectivity index (χ0v) is 10.5. The van der Waals surface area contributed by atoms with Crippen molar-refractivity contribution in [2.75, 3.05) is 6.61 Å². The zero-order chi connectivity index (χ0) is 10.8. The molecule has 0 saturated carbocycles. The van der Waals surface area contributed by atoms with Crippen LogP contribution in [-0.2, 0) is 11.3 Å². The van der Waals surface area contributed by atoms with Crippen molar-refractivity contribution in [3.05, 3.63) is 33.9 Å². The molecule has 1 heterocycles. The summed E-state index contributed by atoms with van der Waals surface area (Å²) in [5.74, 6) is 0. The Morgan fingerprint density at radius 3 is 2.87 bits per heavy atom. The molecule has 0 amide bonds. The van der Waals surface area contributed by atoms with Crippen molar-refractivity contribution in [3.63, 3.8) is 0 Å². The molecule has 0 aliphatic heterocycles. The van der Waals surface area contributed by atoms with Crippen LogP contribution in [0.25, 0.3) is 10.9 Å². The van der Waals surface area contributed by atoms with Crippen molar-refractivity contribution in [2.24, 2.45) is 0 Å². The molecular weight excluding hydrogens is 254 g/mol. The van der Waals surface area contributed by atoms with Gasteiger partial charge in [0, 0.05) is 27.7 Å². The molecule has 80 valence electrons. The summed E-state index contributed by atoms with van der Waals surface area (Å²) >= 11 is 3.49. The summed E-state index contributed by atoms with van der Waals surface area (Å²) in [5.41, 5.74) is 3.57. The molecule has 0 atom stereocenters. The lowest BCUT2D eigenvalue weighted by atomic mass is 10.1. The molecule has 0 aliphatic carbocycles. The van der Waals surface area contributed by atoms with E-state index in [-0.39, 0.29) is 0 Å². The second-order valence-corrected chi connectivity index (χ2v) is 4.53. The van der Waals surface area contributed by atoms with Crippen LogP contribution in [0, 0.1) is 6.92 Å². The van der Waals surface area contributed by atoms with Crippen LogP contribution in [0.2, 0.25) is 0 Å². The highest BCUT2D eigenvalue weighted by atomic mass is 79.9. The van der Waals surface area contributed by atoms with E-state index in [4.69, 9.17) is 4.74 Å². The number of benzene rings is 1. The lowest BCUT2D eigenvalue weighted by molar-refractivity contribution is 0.132. The number of hydrogen-bond acceptors (Lipinski definition) is 1. The van der Waals surface area contributed by atoms with Crippen molar-refractivity contribution in [1.82, 2.24) is 4.98 Å². The van der Waals surface area contributed by atoms with Gasteiger partial charge in [-0.2, -0.15) is 0 Å². The minimum absolute atomic E-state index is 0.655. The maximum absolute atomic E-state index is 5.38. The Morgan fingerprint density at radius 2 is 2.13 bits per heavy atom. The van der Waals surface area contributed by atoms with E-state index < -0.39 is 0 Å². The quantitative estimate of drug-likeness (QED) is 0.900. The van der Waals surface area contributed by atoms with Gasteiger partial charge in [0.2, 0.25) is 0 Å². The standard InChI is InChI=1S/C12H14BrNO/c1-3-15-7-10-6-11-8(2)4-9(13)5-12(11)14-10/h4-6,14H,3,7H2,1-2H3. The van der Waals surface area contributed by atoms with Crippen LogP contribution < -0.4 is 0 Å². The average molecular weight is 268 g/mol. The molecule has 2 aromatic rings. The van der Waals surface area contributed by atoms with E-state index in [2.05, 4.69) is 46.0 Å².